The Bertz CT molecular complexity index is 448. The summed E-state index contributed by atoms with van der Waals surface area (Å²) < 4.78 is 27.9. The van der Waals surface area contributed by atoms with Crippen LogP contribution in [0.15, 0.2) is 24.3 Å². The number of hydrogen-bond acceptors (Lipinski definition) is 4. The second-order valence-corrected chi connectivity index (χ2v) is 6.66. The van der Waals surface area contributed by atoms with E-state index in [9.17, 15) is 13.5 Å². The van der Waals surface area contributed by atoms with E-state index < -0.39 is 15.9 Å². The van der Waals surface area contributed by atoms with Crippen LogP contribution in [0.4, 0.5) is 0 Å². The molecule has 0 aliphatic carbocycles. The maximum Gasteiger partial charge on any atom is 0.150 e. The minimum Gasteiger partial charge on any atom is -0.494 e. The molecule has 0 aliphatic heterocycles. The van der Waals surface area contributed by atoms with Crippen molar-refractivity contribution in [3.8, 4) is 5.75 Å². The Morgan fingerprint density at radius 2 is 1.89 bits per heavy atom. The van der Waals surface area contributed by atoms with Gasteiger partial charge in [0.1, 0.15) is 15.6 Å². The second kappa shape index (κ2) is 6.75. The van der Waals surface area contributed by atoms with Gasteiger partial charge in [-0.05, 0) is 31.0 Å². The molecule has 102 valence electrons. The van der Waals surface area contributed by atoms with Crippen molar-refractivity contribution in [3.05, 3.63) is 29.8 Å². The third kappa shape index (κ3) is 5.06. The average Bonchev–Trinajstić information content (AvgIpc) is 2.35. The molecule has 1 atom stereocenters. The number of aliphatic hydroxyl groups is 1. The summed E-state index contributed by atoms with van der Waals surface area (Å²) in [5, 5.41) is 9.34. The first-order valence-corrected chi connectivity index (χ1v) is 7.88. The first kappa shape index (κ1) is 15.0. The monoisotopic (exact) mass is 272 g/mol. The van der Waals surface area contributed by atoms with Gasteiger partial charge in [-0.15, -0.1) is 0 Å². The molecule has 0 aromatic heterocycles. The van der Waals surface area contributed by atoms with Crippen LogP contribution >= 0.6 is 0 Å². The highest BCUT2D eigenvalue weighted by Gasteiger charge is 2.06. The zero-order valence-corrected chi connectivity index (χ0v) is 11.6. The van der Waals surface area contributed by atoms with Gasteiger partial charge in [-0.2, -0.15) is 0 Å². The van der Waals surface area contributed by atoms with Gasteiger partial charge in [-0.25, -0.2) is 8.42 Å². The molecule has 0 amide bonds. The predicted molar refractivity (Wildman–Crippen MR) is 71.5 cm³/mol. The van der Waals surface area contributed by atoms with Gasteiger partial charge >= 0.3 is 0 Å². The predicted octanol–water partition coefficient (Wildman–Crippen LogP) is 1.94. The van der Waals surface area contributed by atoms with Gasteiger partial charge < -0.3 is 9.84 Å². The number of hydrogen-bond donors (Lipinski definition) is 1. The normalized spacial score (nSPS) is 13.3. The molecule has 4 nitrogen and oxygen atoms in total. The van der Waals surface area contributed by atoms with Crippen molar-refractivity contribution in [2.45, 2.75) is 26.4 Å². The Morgan fingerprint density at radius 1 is 1.28 bits per heavy atom. The van der Waals surface area contributed by atoms with Gasteiger partial charge in [-0.1, -0.05) is 19.1 Å². The first-order valence-electron chi connectivity index (χ1n) is 6.06. The third-order valence-corrected chi connectivity index (χ3v) is 4.46. The number of aliphatic hydroxyl groups excluding tert-OH is 1. The van der Waals surface area contributed by atoms with E-state index in [1.807, 2.05) is 0 Å². The van der Waals surface area contributed by atoms with Crippen LogP contribution in [0, 0.1) is 0 Å². The van der Waals surface area contributed by atoms with E-state index in [1.165, 1.54) is 0 Å². The minimum atomic E-state index is -2.90. The quantitative estimate of drug-likeness (QED) is 0.770. The lowest BCUT2D eigenvalue weighted by Gasteiger charge is -2.08. The highest BCUT2D eigenvalue weighted by molar-refractivity contribution is 7.91. The van der Waals surface area contributed by atoms with Crippen molar-refractivity contribution in [2.75, 3.05) is 18.1 Å². The molecule has 1 rings (SSSR count). The highest BCUT2D eigenvalue weighted by Crippen LogP contribution is 2.17. The summed E-state index contributed by atoms with van der Waals surface area (Å²) in [6.07, 6.45) is 0.00247. The summed E-state index contributed by atoms with van der Waals surface area (Å²) in [5.41, 5.74) is 0.830. The molecule has 0 saturated carbocycles. The molecule has 0 unspecified atom stereocenters. The van der Waals surface area contributed by atoms with E-state index in [1.54, 1.807) is 38.1 Å². The third-order valence-electron chi connectivity index (χ3n) is 2.67. The molecule has 1 N–H and O–H groups in total. The number of ether oxygens (including phenoxy) is 1. The molecular formula is C13H20O4S. The molecule has 18 heavy (non-hydrogen) atoms. The smallest absolute Gasteiger partial charge is 0.150 e. The summed E-state index contributed by atoms with van der Waals surface area (Å²) >= 11 is 0. The molecule has 0 aliphatic rings. The maximum absolute atomic E-state index is 11.2. The van der Waals surface area contributed by atoms with Crippen molar-refractivity contribution >= 4 is 9.84 Å². The van der Waals surface area contributed by atoms with Gasteiger partial charge in [0.05, 0.1) is 18.5 Å². The zero-order valence-electron chi connectivity index (χ0n) is 10.8. The van der Waals surface area contributed by atoms with Gasteiger partial charge in [0, 0.05) is 5.75 Å². The van der Waals surface area contributed by atoms with Crippen LogP contribution in [-0.2, 0) is 9.84 Å². The highest BCUT2D eigenvalue weighted by atomic mass is 32.2. The van der Waals surface area contributed by atoms with Gasteiger partial charge in [0.15, 0.2) is 0 Å². The number of rotatable bonds is 7. The van der Waals surface area contributed by atoms with Crippen molar-refractivity contribution in [1.82, 2.24) is 0 Å². The van der Waals surface area contributed by atoms with Crippen LogP contribution in [0.1, 0.15) is 31.9 Å². The van der Waals surface area contributed by atoms with Crippen LogP contribution in [0.25, 0.3) is 0 Å². The molecule has 0 fully saturated rings. The van der Waals surface area contributed by atoms with Gasteiger partial charge in [-0.3, -0.25) is 0 Å². The Kier molecular flexibility index (Phi) is 5.62. The summed E-state index contributed by atoms with van der Waals surface area (Å²) in [6, 6.07) is 7.14. The number of benzene rings is 1. The Balaban J connectivity index is 2.36. The van der Waals surface area contributed by atoms with E-state index in [0.717, 1.165) is 5.56 Å². The molecule has 1 aromatic carbocycles. The largest absolute Gasteiger partial charge is 0.494 e. The SMILES string of the molecule is CCS(=O)(=O)CCCOc1ccc([C@@H](C)O)cc1. The first-order chi connectivity index (χ1) is 8.44. The lowest BCUT2D eigenvalue weighted by atomic mass is 10.1. The summed E-state index contributed by atoms with van der Waals surface area (Å²) in [6.45, 7) is 3.73. The summed E-state index contributed by atoms with van der Waals surface area (Å²) in [7, 11) is -2.90. The molecule has 0 heterocycles. The van der Waals surface area contributed by atoms with Gasteiger partial charge in [0.25, 0.3) is 0 Å². The van der Waals surface area contributed by atoms with E-state index in [4.69, 9.17) is 4.74 Å². The fourth-order valence-electron chi connectivity index (χ4n) is 1.46. The second-order valence-electron chi connectivity index (χ2n) is 4.18. The topological polar surface area (TPSA) is 63.6 Å². The van der Waals surface area contributed by atoms with Crippen LogP contribution in [0.3, 0.4) is 0 Å². The van der Waals surface area contributed by atoms with Crippen LogP contribution in [-0.4, -0.2) is 31.6 Å². The van der Waals surface area contributed by atoms with Crippen molar-refractivity contribution in [2.24, 2.45) is 0 Å². The lowest BCUT2D eigenvalue weighted by Crippen LogP contribution is -2.11. The molecule has 0 radical (unpaired) electrons. The van der Waals surface area contributed by atoms with E-state index in [2.05, 4.69) is 0 Å². The molecule has 0 spiro atoms. The fraction of sp³-hybridized carbons (Fsp3) is 0.538. The minimum absolute atomic E-state index is 0.162. The molecule has 0 bridgehead atoms. The van der Waals surface area contributed by atoms with Crippen molar-refractivity contribution in [1.29, 1.82) is 0 Å². The lowest BCUT2D eigenvalue weighted by molar-refractivity contribution is 0.199. The summed E-state index contributed by atoms with van der Waals surface area (Å²) in [5.74, 6) is 1.03. The van der Waals surface area contributed by atoms with E-state index in [0.29, 0.717) is 18.8 Å². The van der Waals surface area contributed by atoms with Crippen molar-refractivity contribution in [3.63, 3.8) is 0 Å². The van der Waals surface area contributed by atoms with E-state index >= 15 is 0 Å². The number of sulfone groups is 1. The van der Waals surface area contributed by atoms with Crippen LogP contribution < -0.4 is 4.74 Å². The van der Waals surface area contributed by atoms with Crippen LogP contribution in [0.5, 0.6) is 5.75 Å². The molecule has 1 aromatic rings. The molecular weight excluding hydrogens is 252 g/mol. The Hall–Kier alpha value is -1.07. The standard InChI is InChI=1S/C13H20O4S/c1-3-18(15,16)10-4-9-17-13-7-5-12(6-8-13)11(2)14/h5-8,11,14H,3-4,9-10H2,1-2H3/t11-/m1/s1. The van der Waals surface area contributed by atoms with Crippen molar-refractivity contribution < 1.29 is 18.3 Å². The summed E-state index contributed by atoms with van der Waals surface area (Å²) in [4.78, 5) is 0. The Labute approximate surface area is 109 Å². The molecule has 5 heteroatoms. The average molecular weight is 272 g/mol. The Morgan fingerprint density at radius 3 is 2.39 bits per heavy atom. The fourth-order valence-corrected chi connectivity index (χ4v) is 2.30. The zero-order chi connectivity index (χ0) is 13.6. The van der Waals surface area contributed by atoms with Gasteiger partial charge in [0.2, 0.25) is 0 Å². The molecule has 0 saturated heterocycles. The van der Waals surface area contributed by atoms with E-state index in [-0.39, 0.29) is 11.5 Å². The maximum atomic E-state index is 11.2. The van der Waals surface area contributed by atoms with Crippen LogP contribution in [0.2, 0.25) is 0 Å².